The fourth-order valence-electron chi connectivity index (χ4n) is 2.24. The highest BCUT2D eigenvalue weighted by molar-refractivity contribution is 6.28. The van der Waals surface area contributed by atoms with Gasteiger partial charge in [-0.2, -0.15) is 15.0 Å². The van der Waals surface area contributed by atoms with Gasteiger partial charge >= 0.3 is 6.01 Å². The summed E-state index contributed by atoms with van der Waals surface area (Å²) in [6.45, 7) is 2.59. The standard InChI is InChI=1S/C15H17ClN4O/c1-2-8-21-15-19-13(16)18-14(20-15)17-12-9-11(12)10-6-4-3-5-7-10/h3-7,11-12H,2,8-9H2,1H3,(H,17,18,19,20). The van der Waals surface area contributed by atoms with Crippen LogP contribution in [0, 0.1) is 0 Å². The first-order valence-electron chi connectivity index (χ1n) is 7.12. The van der Waals surface area contributed by atoms with Gasteiger partial charge in [-0.05, 0) is 30.0 Å². The molecule has 2 unspecified atom stereocenters. The van der Waals surface area contributed by atoms with Crippen LogP contribution >= 0.6 is 11.6 Å². The van der Waals surface area contributed by atoms with Crippen LogP contribution in [0.5, 0.6) is 6.01 Å². The zero-order chi connectivity index (χ0) is 14.7. The van der Waals surface area contributed by atoms with Crippen LogP contribution in [-0.2, 0) is 0 Å². The zero-order valence-electron chi connectivity index (χ0n) is 11.8. The number of anilines is 1. The summed E-state index contributed by atoms with van der Waals surface area (Å²) < 4.78 is 5.40. The second-order valence-corrected chi connectivity index (χ2v) is 5.40. The average molecular weight is 305 g/mol. The van der Waals surface area contributed by atoms with Crippen molar-refractivity contribution in [2.75, 3.05) is 11.9 Å². The van der Waals surface area contributed by atoms with Crippen molar-refractivity contribution in [3.8, 4) is 6.01 Å². The molecule has 0 radical (unpaired) electrons. The van der Waals surface area contributed by atoms with Crippen LogP contribution in [0.1, 0.15) is 31.2 Å². The monoisotopic (exact) mass is 304 g/mol. The predicted molar refractivity (Wildman–Crippen MR) is 81.8 cm³/mol. The molecule has 1 aliphatic carbocycles. The van der Waals surface area contributed by atoms with Gasteiger partial charge < -0.3 is 10.1 Å². The largest absolute Gasteiger partial charge is 0.463 e. The van der Waals surface area contributed by atoms with E-state index in [-0.39, 0.29) is 11.3 Å². The molecule has 1 heterocycles. The summed E-state index contributed by atoms with van der Waals surface area (Å²) in [6.07, 6.45) is 1.96. The molecule has 1 saturated carbocycles. The minimum atomic E-state index is 0.149. The first-order valence-corrected chi connectivity index (χ1v) is 7.50. The summed E-state index contributed by atoms with van der Waals surface area (Å²) >= 11 is 5.90. The van der Waals surface area contributed by atoms with Crippen molar-refractivity contribution < 1.29 is 4.74 Å². The fourth-order valence-corrected chi connectivity index (χ4v) is 2.40. The van der Waals surface area contributed by atoms with Crippen LogP contribution in [0.3, 0.4) is 0 Å². The second kappa shape index (κ2) is 6.26. The molecule has 1 N–H and O–H groups in total. The Bertz CT molecular complexity index is 608. The summed E-state index contributed by atoms with van der Waals surface area (Å²) in [6, 6.07) is 11.0. The molecular formula is C15H17ClN4O. The normalized spacial score (nSPS) is 20.1. The molecule has 110 valence electrons. The van der Waals surface area contributed by atoms with E-state index >= 15 is 0 Å². The first-order chi connectivity index (χ1) is 10.3. The number of nitrogens with one attached hydrogen (secondary N) is 1. The molecule has 2 aromatic rings. The van der Waals surface area contributed by atoms with E-state index in [9.17, 15) is 0 Å². The van der Waals surface area contributed by atoms with Crippen LogP contribution in [0.25, 0.3) is 0 Å². The van der Waals surface area contributed by atoms with Crippen molar-refractivity contribution in [2.45, 2.75) is 31.7 Å². The molecule has 0 spiro atoms. The van der Waals surface area contributed by atoms with Crippen LogP contribution in [0.2, 0.25) is 5.28 Å². The van der Waals surface area contributed by atoms with Crippen LogP contribution in [-0.4, -0.2) is 27.6 Å². The highest BCUT2D eigenvalue weighted by Crippen LogP contribution is 2.42. The highest BCUT2D eigenvalue weighted by Gasteiger charge is 2.38. The van der Waals surface area contributed by atoms with Gasteiger partial charge in [-0.15, -0.1) is 0 Å². The second-order valence-electron chi connectivity index (χ2n) is 5.06. The molecule has 0 bridgehead atoms. The van der Waals surface area contributed by atoms with Crippen molar-refractivity contribution >= 4 is 17.5 Å². The molecule has 21 heavy (non-hydrogen) atoms. The fraction of sp³-hybridized carbons (Fsp3) is 0.400. The van der Waals surface area contributed by atoms with Crippen LogP contribution in [0.4, 0.5) is 5.95 Å². The van der Waals surface area contributed by atoms with Gasteiger partial charge in [0.25, 0.3) is 0 Å². The van der Waals surface area contributed by atoms with Gasteiger partial charge in [-0.25, -0.2) is 0 Å². The molecule has 1 aromatic heterocycles. The van der Waals surface area contributed by atoms with E-state index < -0.39 is 0 Å². The molecule has 5 nitrogen and oxygen atoms in total. The van der Waals surface area contributed by atoms with Crippen LogP contribution < -0.4 is 10.1 Å². The number of hydrogen-bond donors (Lipinski definition) is 1. The van der Waals surface area contributed by atoms with Crippen molar-refractivity contribution in [3.63, 3.8) is 0 Å². The summed E-state index contributed by atoms with van der Waals surface area (Å²) in [5.41, 5.74) is 1.33. The van der Waals surface area contributed by atoms with Gasteiger partial charge in [0, 0.05) is 12.0 Å². The molecule has 0 aliphatic heterocycles. The summed E-state index contributed by atoms with van der Waals surface area (Å²) in [5.74, 6) is 0.978. The lowest BCUT2D eigenvalue weighted by Crippen LogP contribution is -2.10. The number of hydrogen-bond acceptors (Lipinski definition) is 5. The van der Waals surface area contributed by atoms with E-state index in [1.165, 1.54) is 5.56 Å². The molecule has 6 heteroatoms. The maximum atomic E-state index is 5.90. The number of benzene rings is 1. The number of halogens is 1. The van der Waals surface area contributed by atoms with Crippen molar-refractivity contribution in [2.24, 2.45) is 0 Å². The Morgan fingerprint density at radius 1 is 1.24 bits per heavy atom. The highest BCUT2D eigenvalue weighted by atomic mass is 35.5. The molecular weight excluding hydrogens is 288 g/mol. The quantitative estimate of drug-likeness (QED) is 0.887. The van der Waals surface area contributed by atoms with Crippen molar-refractivity contribution in [3.05, 3.63) is 41.2 Å². The number of ether oxygens (including phenoxy) is 1. The Morgan fingerprint density at radius 3 is 2.81 bits per heavy atom. The van der Waals surface area contributed by atoms with Gasteiger partial charge in [0.1, 0.15) is 0 Å². The Labute approximate surface area is 128 Å². The Balaban J connectivity index is 1.65. The van der Waals surface area contributed by atoms with E-state index in [0.29, 0.717) is 24.5 Å². The van der Waals surface area contributed by atoms with E-state index in [1.54, 1.807) is 0 Å². The van der Waals surface area contributed by atoms with Crippen LogP contribution in [0.15, 0.2) is 30.3 Å². The van der Waals surface area contributed by atoms with E-state index in [2.05, 4.69) is 44.5 Å². The zero-order valence-corrected chi connectivity index (χ0v) is 12.5. The molecule has 1 aliphatic rings. The molecule has 0 saturated heterocycles. The number of rotatable bonds is 6. The average Bonchev–Trinajstić information content (AvgIpc) is 3.24. The minimum absolute atomic E-state index is 0.149. The van der Waals surface area contributed by atoms with E-state index in [1.807, 2.05) is 13.0 Å². The van der Waals surface area contributed by atoms with E-state index in [0.717, 1.165) is 12.8 Å². The number of aromatic nitrogens is 3. The lowest BCUT2D eigenvalue weighted by atomic mass is 10.1. The summed E-state index contributed by atoms with van der Waals surface area (Å²) in [7, 11) is 0. The van der Waals surface area contributed by atoms with Crippen molar-refractivity contribution in [1.29, 1.82) is 0 Å². The SMILES string of the molecule is CCCOc1nc(Cl)nc(NC2CC2c2ccccc2)n1. The van der Waals surface area contributed by atoms with Crippen molar-refractivity contribution in [1.82, 2.24) is 15.0 Å². The topological polar surface area (TPSA) is 59.9 Å². The Kier molecular flexibility index (Phi) is 4.20. The Hall–Kier alpha value is -1.88. The minimum Gasteiger partial charge on any atom is -0.463 e. The summed E-state index contributed by atoms with van der Waals surface area (Å²) in [5, 5.41) is 3.44. The lowest BCUT2D eigenvalue weighted by molar-refractivity contribution is 0.291. The molecule has 2 atom stereocenters. The maximum Gasteiger partial charge on any atom is 0.322 e. The first kappa shape index (κ1) is 14.1. The predicted octanol–water partition coefficient (Wildman–Crippen LogP) is 3.28. The van der Waals surface area contributed by atoms with Gasteiger partial charge in [-0.1, -0.05) is 37.3 Å². The van der Waals surface area contributed by atoms with Gasteiger partial charge in [-0.3, -0.25) is 0 Å². The summed E-state index contributed by atoms with van der Waals surface area (Å²) in [4.78, 5) is 12.3. The maximum absolute atomic E-state index is 5.90. The Morgan fingerprint density at radius 2 is 2.05 bits per heavy atom. The number of nitrogens with zero attached hydrogens (tertiary/aromatic N) is 3. The van der Waals surface area contributed by atoms with Gasteiger partial charge in [0.05, 0.1) is 6.61 Å². The molecule has 1 fully saturated rings. The van der Waals surface area contributed by atoms with Gasteiger partial charge in [0.15, 0.2) is 0 Å². The van der Waals surface area contributed by atoms with Gasteiger partial charge in [0.2, 0.25) is 11.2 Å². The molecule has 3 rings (SSSR count). The third-order valence-electron chi connectivity index (χ3n) is 3.36. The smallest absolute Gasteiger partial charge is 0.322 e. The van der Waals surface area contributed by atoms with E-state index in [4.69, 9.17) is 16.3 Å². The third kappa shape index (κ3) is 3.61. The third-order valence-corrected chi connectivity index (χ3v) is 3.52. The molecule has 1 aromatic carbocycles. The molecule has 0 amide bonds. The lowest BCUT2D eigenvalue weighted by Gasteiger charge is -2.07.